The Morgan fingerprint density at radius 3 is 1.00 bits per heavy atom. The van der Waals surface area contributed by atoms with Crippen molar-refractivity contribution in [3.63, 3.8) is 0 Å². The van der Waals surface area contributed by atoms with Gasteiger partial charge in [0, 0.05) is 0 Å². The van der Waals surface area contributed by atoms with Gasteiger partial charge < -0.3 is 26.2 Å². The molecule has 0 aromatic rings. The third-order valence-electron chi connectivity index (χ3n) is 0.667. The van der Waals surface area contributed by atoms with Crippen LogP contribution in [0.15, 0.2) is 0 Å². The van der Waals surface area contributed by atoms with Crippen LogP contribution in [0, 0.1) is 0 Å². The molecule has 1 rings (SSSR count). The summed E-state index contributed by atoms with van der Waals surface area (Å²) < 4.78 is 37.1. The molecule has 1 aliphatic rings. The molecule has 0 atom stereocenters. The second-order valence-corrected chi connectivity index (χ2v) is 9.21. The van der Waals surface area contributed by atoms with Crippen LogP contribution in [0.1, 0.15) is 0 Å². The molecule has 0 bridgehead atoms. The molecule has 15 heavy (non-hydrogen) atoms. The van der Waals surface area contributed by atoms with Crippen molar-refractivity contribution >= 4 is 57.4 Å². The third-order valence-corrected chi connectivity index (χ3v) is 6.00. The van der Waals surface area contributed by atoms with Crippen LogP contribution in [-0.4, -0.2) is 40.0 Å². The second kappa shape index (κ2) is 24.6. The number of hydrogen-bond donors (Lipinski definition) is 0. The van der Waals surface area contributed by atoms with Crippen molar-refractivity contribution in [3.05, 3.63) is 0 Å². The summed E-state index contributed by atoms with van der Waals surface area (Å²) >= 11 is 0. The minimum absolute atomic E-state index is 0. The van der Waals surface area contributed by atoms with Crippen molar-refractivity contribution in [1.29, 1.82) is 0 Å². The Kier molecular flexibility index (Phi) is 35.6. The Bertz CT molecular complexity index is 97.2. The number of rotatable bonds is 0. The zero-order chi connectivity index (χ0) is 11.1. The monoisotopic (exact) mass is 374 g/mol. The van der Waals surface area contributed by atoms with E-state index in [0.717, 1.165) is 0 Å². The van der Waals surface area contributed by atoms with Crippen molar-refractivity contribution in [2.24, 2.45) is 0 Å². The summed E-state index contributed by atoms with van der Waals surface area (Å²) in [5, 5.41) is 0. The van der Waals surface area contributed by atoms with E-state index in [1.165, 1.54) is 0 Å². The summed E-state index contributed by atoms with van der Waals surface area (Å²) in [5.41, 5.74) is 0. The van der Waals surface area contributed by atoms with E-state index in [9.17, 15) is 0 Å². The summed E-state index contributed by atoms with van der Waals surface area (Å²) in [6.45, 7) is 0. The molecular weight excluding hydrogens is 368 g/mol. The molecule has 0 saturated carbocycles. The van der Waals surface area contributed by atoms with Crippen LogP contribution in [0.3, 0.4) is 0 Å². The fourth-order valence-corrected chi connectivity index (χ4v) is 7.59. The molecule has 1 heterocycles. The fraction of sp³-hybridized carbons (Fsp3) is 0. The van der Waals surface area contributed by atoms with Gasteiger partial charge in [0.15, 0.2) is 0 Å². The molecular formula is H8O8P2Si4Zn. The normalized spacial score (nSPS) is 22.0. The standard InChI is InChI=1S/H8O4Si4.2HO2P.Zn/c1-5-2-7-4-8-3-6-1;2*1-3-2;/h5-8H2;2*(H,1,2);/q;;;+2/p-2. The summed E-state index contributed by atoms with van der Waals surface area (Å²) in [6, 6.07) is 0. The Morgan fingerprint density at radius 2 is 0.867 bits per heavy atom. The van der Waals surface area contributed by atoms with E-state index in [1.54, 1.807) is 0 Å². The topological polar surface area (TPSA) is 117 Å². The average molecular weight is 376 g/mol. The molecule has 0 aliphatic carbocycles. The van der Waals surface area contributed by atoms with Gasteiger partial charge in [-0.3, -0.25) is 9.13 Å². The van der Waals surface area contributed by atoms with Crippen molar-refractivity contribution in [2.45, 2.75) is 0 Å². The first-order chi connectivity index (χ1) is 6.83. The van der Waals surface area contributed by atoms with Crippen LogP contribution in [0.25, 0.3) is 0 Å². The predicted octanol–water partition coefficient (Wildman–Crippen LogP) is -4.83. The third kappa shape index (κ3) is 31.3. The molecule has 1 fully saturated rings. The molecule has 1 aliphatic heterocycles. The minimum Gasteiger partial charge on any atom is -0.772 e. The molecule has 0 radical (unpaired) electrons. The Labute approximate surface area is 112 Å². The smallest absolute Gasteiger partial charge is 0.772 e. The van der Waals surface area contributed by atoms with Gasteiger partial charge in [0.1, 0.15) is 0 Å². The van der Waals surface area contributed by atoms with Gasteiger partial charge in [0.05, 0.1) is 17.4 Å². The van der Waals surface area contributed by atoms with Gasteiger partial charge in [-0.15, -0.1) is 0 Å². The fourth-order valence-electron chi connectivity index (χ4n) is 0.372. The molecule has 84 valence electrons. The van der Waals surface area contributed by atoms with Crippen molar-refractivity contribution < 1.29 is 54.9 Å². The first-order valence-electron chi connectivity index (χ1n) is 3.04. The van der Waals surface area contributed by atoms with Gasteiger partial charge >= 0.3 is 19.5 Å². The molecule has 8 nitrogen and oxygen atoms in total. The van der Waals surface area contributed by atoms with E-state index < -0.39 is 57.4 Å². The van der Waals surface area contributed by atoms with Crippen molar-refractivity contribution in [3.8, 4) is 0 Å². The van der Waals surface area contributed by atoms with E-state index in [-0.39, 0.29) is 19.5 Å². The van der Waals surface area contributed by atoms with Crippen LogP contribution in [-0.2, 0) is 45.1 Å². The summed E-state index contributed by atoms with van der Waals surface area (Å²) in [5.74, 6) is 0. The van der Waals surface area contributed by atoms with E-state index in [2.05, 4.69) is 0 Å². The predicted molar refractivity (Wildman–Crippen MR) is 53.7 cm³/mol. The first kappa shape index (κ1) is 21.7. The molecule has 1 saturated heterocycles. The van der Waals surface area contributed by atoms with Gasteiger partial charge in [0.2, 0.25) is 0 Å². The van der Waals surface area contributed by atoms with Gasteiger partial charge in [-0.1, -0.05) is 0 Å². The SMILES string of the molecule is O1[SiH2]O[SiH2]O[SiH2]O[SiH2]1.O=P[O-].O=P[O-].[Zn+2]. The van der Waals surface area contributed by atoms with E-state index in [0.29, 0.717) is 0 Å². The maximum atomic E-state index is 8.35. The van der Waals surface area contributed by atoms with Crippen molar-refractivity contribution in [2.75, 3.05) is 0 Å². The molecule has 0 amide bonds. The van der Waals surface area contributed by atoms with E-state index in [1.807, 2.05) is 0 Å². The van der Waals surface area contributed by atoms with Gasteiger partial charge in [0.25, 0.3) is 40.0 Å². The Balaban J connectivity index is -0.000000177. The zero-order valence-electron chi connectivity index (χ0n) is 7.70. The van der Waals surface area contributed by atoms with Gasteiger partial charge in [-0.2, -0.15) is 0 Å². The molecule has 15 heteroatoms. The van der Waals surface area contributed by atoms with Crippen LogP contribution in [0.4, 0.5) is 0 Å². The maximum absolute atomic E-state index is 8.35. The number of hydrogen-bond acceptors (Lipinski definition) is 8. The molecule has 0 N–H and O–H groups in total. The molecule has 0 spiro atoms. The van der Waals surface area contributed by atoms with Crippen LogP contribution >= 0.6 is 17.4 Å². The molecule has 0 unspecified atom stereocenters. The average Bonchev–Trinajstić information content (AvgIpc) is 2.04. The quantitative estimate of drug-likeness (QED) is 0.306. The van der Waals surface area contributed by atoms with Gasteiger partial charge in [-0.05, 0) is 0 Å². The molecule has 0 aromatic heterocycles. The Hall–Kier alpha value is 1.45. The van der Waals surface area contributed by atoms with E-state index in [4.69, 9.17) is 35.4 Å². The summed E-state index contributed by atoms with van der Waals surface area (Å²) in [4.78, 5) is 16.7. The molecule has 0 aromatic carbocycles. The van der Waals surface area contributed by atoms with E-state index >= 15 is 0 Å². The van der Waals surface area contributed by atoms with Crippen LogP contribution in [0.2, 0.25) is 0 Å². The minimum atomic E-state index is -1.08. The second-order valence-electron chi connectivity index (χ2n) is 1.44. The van der Waals surface area contributed by atoms with Crippen molar-refractivity contribution in [1.82, 2.24) is 0 Å². The first-order valence-corrected chi connectivity index (χ1v) is 9.12. The maximum Gasteiger partial charge on any atom is 2.00 e. The zero-order valence-corrected chi connectivity index (χ0v) is 18.1. The van der Waals surface area contributed by atoms with Crippen LogP contribution < -0.4 is 9.79 Å². The van der Waals surface area contributed by atoms with Crippen LogP contribution in [0.5, 0.6) is 0 Å². The van der Waals surface area contributed by atoms with Gasteiger partial charge in [-0.25, -0.2) is 0 Å². The largest absolute Gasteiger partial charge is 2.00 e. The Morgan fingerprint density at radius 1 is 0.733 bits per heavy atom. The summed E-state index contributed by atoms with van der Waals surface area (Å²) in [6.07, 6.45) is 0. The summed E-state index contributed by atoms with van der Waals surface area (Å²) in [7, 11) is -4.78.